The molecular formula is C25H33N5O2S2. The van der Waals surface area contributed by atoms with Gasteiger partial charge in [0.25, 0.3) is 5.91 Å². The maximum Gasteiger partial charge on any atom is 0.252 e. The number of nitrogens with one attached hydrogen (secondary N) is 1. The number of fused-ring (bicyclic) bond motifs is 1. The Hall–Kier alpha value is -1.94. The molecule has 0 bridgehead atoms. The van der Waals surface area contributed by atoms with Crippen LogP contribution in [0.1, 0.15) is 46.4 Å². The zero-order valence-corrected chi connectivity index (χ0v) is 22.0. The van der Waals surface area contributed by atoms with Crippen molar-refractivity contribution in [1.29, 1.82) is 0 Å². The van der Waals surface area contributed by atoms with E-state index in [1.165, 1.54) is 9.75 Å². The molecule has 1 N–H and O–H groups in total. The van der Waals surface area contributed by atoms with Crippen LogP contribution in [0.15, 0.2) is 18.3 Å². The summed E-state index contributed by atoms with van der Waals surface area (Å²) >= 11 is 3.74. The van der Waals surface area contributed by atoms with Crippen molar-refractivity contribution in [2.75, 3.05) is 44.4 Å². The Morgan fingerprint density at radius 2 is 2.06 bits per heavy atom. The van der Waals surface area contributed by atoms with E-state index in [-0.39, 0.29) is 17.5 Å². The third-order valence-corrected chi connectivity index (χ3v) is 9.16. The molecule has 2 aliphatic rings. The number of aromatic nitrogens is 3. The van der Waals surface area contributed by atoms with E-state index in [2.05, 4.69) is 49.1 Å². The van der Waals surface area contributed by atoms with E-state index in [1.54, 1.807) is 17.5 Å². The Morgan fingerprint density at radius 3 is 2.71 bits per heavy atom. The topological polar surface area (TPSA) is 72.3 Å². The molecule has 0 radical (unpaired) electrons. The average Bonchev–Trinajstić information content (AvgIpc) is 3.56. The normalized spacial score (nSPS) is 21.6. The maximum atomic E-state index is 13.7. The number of pyridine rings is 1. The quantitative estimate of drug-likeness (QED) is 0.545. The second kappa shape index (κ2) is 9.60. The highest BCUT2D eigenvalue weighted by molar-refractivity contribution is 7.99. The van der Waals surface area contributed by atoms with Crippen LogP contribution >= 0.6 is 23.1 Å². The fourth-order valence-electron chi connectivity index (χ4n) is 5.08. The number of thiophene rings is 1. The number of thioether (sulfide) groups is 1. The van der Waals surface area contributed by atoms with Gasteiger partial charge in [0, 0.05) is 52.3 Å². The number of amides is 1. The van der Waals surface area contributed by atoms with E-state index in [0.717, 1.165) is 66.5 Å². The number of aryl methyl sites for hydroxylation is 2. The number of nitrogens with zero attached hydrogens (tertiary/aromatic N) is 4. The third kappa shape index (κ3) is 4.39. The highest BCUT2D eigenvalue weighted by Crippen LogP contribution is 2.35. The highest BCUT2D eigenvalue weighted by atomic mass is 32.2. The number of carbonyl (C=O) groups excluding carboxylic acids is 1. The van der Waals surface area contributed by atoms with Crippen LogP contribution in [0.4, 0.5) is 0 Å². The number of rotatable bonds is 6. The Labute approximate surface area is 209 Å². The summed E-state index contributed by atoms with van der Waals surface area (Å²) < 4.78 is 7.49. The lowest BCUT2D eigenvalue weighted by Crippen LogP contribution is -2.59. The summed E-state index contributed by atoms with van der Waals surface area (Å²) in [5.41, 5.74) is 3.34. The van der Waals surface area contributed by atoms with E-state index < -0.39 is 0 Å². The SMILES string of the molecule is Cc1cc(-c2cc(C(=O)NCC3(N4CCOCC4)CCSC3)c3cnn(C(C)C)c3n2)c(C)s1. The fourth-order valence-corrected chi connectivity index (χ4v) is 7.49. The van der Waals surface area contributed by atoms with Crippen LogP contribution in [0, 0.1) is 13.8 Å². The molecule has 1 atom stereocenters. The molecule has 7 nitrogen and oxygen atoms in total. The molecule has 9 heteroatoms. The van der Waals surface area contributed by atoms with Gasteiger partial charge >= 0.3 is 0 Å². The molecule has 3 aromatic heterocycles. The summed E-state index contributed by atoms with van der Waals surface area (Å²) in [6.07, 6.45) is 2.88. The molecule has 2 saturated heterocycles. The first-order valence-corrected chi connectivity index (χ1v) is 14.0. The predicted octanol–water partition coefficient (Wildman–Crippen LogP) is 4.30. The molecule has 1 unspecified atom stereocenters. The largest absolute Gasteiger partial charge is 0.379 e. The van der Waals surface area contributed by atoms with Gasteiger partial charge in [0.2, 0.25) is 0 Å². The molecule has 0 aliphatic carbocycles. The molecule has 2 fully saturated rings. The summed E-state index contributed by atoms with van der Waals surface area (Å²) in [5.74, 6) is 2.13. The monoisotopic (exact) mass is 499 g/mol. The highest BCUT2D eigenvalue weighted by Gasteiger charge is 2.41. The Morgan fingerprint density at radius 1 is 1.26 bits per heavy atom. The minimum atomic E-state index is -0.0499. The van der Waals surface area contributed by atoms with Crippen molar-refractivity contribution in [1.82, 2.24) is 25.0 Å². The van der Waals surface area contributed by atoms with Crippen LogP contribution in [0.5, 0.6) is 0 Å². The van der Waals surface area contributed by atoms with Crippen molar-refractivity contribution in [3.8, 4) is 11.3 Å². The lowest BCUT2D eigenvalue weighted by atomic mass is 9.95. The first-order valence-electron chi connectivity index (χ1n) is 12.0. The lowest BCUT2D eigenvalue weighted by Gasteiger charge is -2.43. The zero-order valence-electron chi connectivity index (χ0n) is 20.4. The number of hydrogen-bond acceptors (Lipinski definition) is 7. The van der Waals surface area contributed by atoms with Gasteiger partial charge in [-0.15, -0.1) is 11.3 Å². The Bertz CT molecular complexity index is 1190. The van der Waals surface area contributed by atoms with E-state index in [0.29, 0.717) is 12.1 Å². The average molecular weight is 500 g/mol. The molecule has 182 valence electrons. The van der Waals surface area contributed by atoms with E-state index >= 15 is 0 Å². The van der Waals surface area contributed by atoms with Gasteiger partial charge in [-0.2, -0.15) is 16.9 Å². The predicted molar refractivity (Wildman–Crippen MR) is 140 cm³/mol. The van der Waals surface area contributed by atoms with Crippen molar-refractivity contribution in [2.24, 2.45) is 0 Å². The van der Waals surface area contributed by atoms with Gasteiger partial charge < -0.3 is 10.1 Å². The van der Waals surface area contributed by atoms with Gasteiger partial charge in [0.1, 0.15) is 0 Å². The van der Waals surface area contributed by atoms with Crippen molar-refractivity contribution in [3.05, 3.63) is 33.6 Å². The fraction of sp³-hybridized carbons (Fsp3) is 0.560. The lowest BCUT2D eigenvalue weighted by molar-refractivity contribution is -0.0129. The van der Waals surface area contributed by atoms with Gasteiger partial charge in [-0.1, -0.05) is 0 Å². The van der Waals surface area contributed by atoms with E-state index in [9.17, 15) is 4.79 Å². The summed E-state index contributed by atoms with van der Waals surface area (Å²) in [6, 6.07) is 4.26. The second-order valence-electron chi connectivity index (χ2n) is 9.61. The molecule has 0 saturated carbocycles. The summed E-state index contributed by atoms with van der Waals surface area (Å²) in [7, 11) is 0. The minimum absolute atomic E-state index is 0.00224. The van der Waals surface area contributed by atoms with E-state index in [4.69, 9.17) is 9.72 Å². The van der Waals surface area contributed by atoms with Crippen molar-refractivity contribution in [2.45, 2.75) is 45.7 Å². The third-order valence-electron chi connectivity index (χ3n) is 6.96. The zero-order chi connectivity index (χ0) is 23.9. The summed E-state index contributed by atoms with van der Waals surface area (Å²) in [4.78, 5) is 23.6. The van der Waals surface area contributed by atoms with Crippen LogP contribution in [-0.4, -0.2) is 75.5 Å². The first-order chi connectivity index (χ1) is 16.4. The van der Waals surface area contributed by atoms with Crippen LogP contribution < -0.4 is 5.32 Å². The molecular weight excluding hydrogens is 466 g/mol. The standard InChI is InChI=1S/C25H33N5O2S2/c1-16(2)30-23-21(13-27-30)20(12-22(28-23)19-11-17(3)34-18(19)4)24(31)26-14-25(5-10-33-15-25)29-6-8-32-9-7-29/h11-13,16H,5-10,14-15H2,1-4H3,(H,26,31). The first kappa shape index (κ1) is 23.8. The van der Waals surface area contributed by atoms with Gasteiger partial charge in [-0.3, -0.25) is 9.69 Å². The number of hydrogen-bond donors (Lipinski definition) is 1. The van der Waals surface area contributed by atoms with E-state index in [1.807, 2.05) is 22.5 Å². The van der Waals surface area contributed by atoms with Gasteiger partial charge in [0.15, 0.2) is 5.65 Å². The molecule has 5 rings (SSSR count). The van der Waals surface area contributed by atoms with Crippen molar-refractivity contribution < 1.29 is 9.53 Å². The van der Waals surface area contributed by atoms with Gasteiger partial charge in [-0.25, -0.2) is 9.67 Å². The van der Waals surface area contributed by atoms with Crippen LogP contribution in [0.3, 0.4) is 0 Å². The van der Waals surface area contributed by atoms with Gasteiger partial charge in [-0.05, 0) is 52.0 Å². The van der Waals surface area contributed by atoms with Crippen LogP contribution in [0.25, 0.3) is 22.3 Å². The van der Waals surface area contributed by atoms with Crippen molar-refractivity contribution >= 4 is 40.0 Å². The summed E-state index contributed by atoms with van der Waals surface area (Å²) in [6.45, 7) is 12.4. The molecule has 34 heavy (non-hydrogen) atoms. The van der Waals surface area contributed by atoms with Gasteiger partial charge in [0.05, 0.1) is 36.1 Å². The number of carbonyl (C=O) groups is 1. The molecule has 1 amide bonds. The number of morpholine rings is 1. The maximum absolute atomic E-state index is 13.7. The molecule has 0 aromatic carbocycles. The number of ether oxygens (including phenoxy) is 1. The molecule has 2 aliphatic heterocycles. The molecule has 5 heterocycles. The molecule has 3 aromatic rings. The van der Waals surface area contributed by atoms with Crippen LogP contribution in [-0.2, 0) is 4.74 Å². The smallest absolute Gasteiger partial charge is 0.252 e. The second-order valence-corrected chi connectivity index (χ2v) is 12.2. The minimum Gasteiger partial charge on any atom is -0.379 e. The van der Waals surface area contributed by atoms with Crippen LogP contribution in [0.2, 0.25) is 0 Å². The molecule has 0 spiro atoms. The Balaban J connectivity index is 1.49. The Kier molecular flexibility index (Phi) is 6.72. The van der Waals surface area contributed by atoms with Crippen molar-refractivity contribution in [3.63, 3.8) is 0 Å². The summed E-state index contributed by atoms with van der Waals surface area (Å²) in [5, 5.41) is 8.69.